The predicted octanol–water partition coefficient (Wildman–Crippen LogP) is 2.02. The fraction of sp³-hybridized carbons (Fsp3) is 0.0667. The molecule has 0 bridgehead atoms. The number of pyridine rings is 1. The summed E-state index contributed by atoms with van der Waals surface area (Å²) in [7, 11) is -3.91. The summed E-state index contributed by atoms with van der Waals surface area (Å²) in [6, 6.07) is 7.88. The molecule has 0 saturated carbocycles. The molecular weight excluding hydrogens is 357 g/mol. The smallest absolute Gasteiger partial charge is 0.265 e. The number of nitrogens with zero attached hydrogens (tertiary/aromatic N) is 3. The first-order valence-electron chi connectivity index (χ1n) is 6.82. The Morgan fingerprint density at radius 1 is 0.920 bits per heavy atom. The van der Waals surface area contributed by atoms with E-state index < -0.39 is 21.9 Å². The molecule has 0 amide bonds. The molecule has 1 aromatic carbocycles. The average Bonchev–Trinajstić information content (AvgIpc) is 3.00. The van der Waals surface area contributed by atoms with Gasteiger partial charge in [-0.15, -0.1) is 10.5 Å². The topological polar surface area (TPSA) is 99.5 Å². The van der Waals surface area contributed by atoms with Gasteiger partial charge in [0, 0.05) is 23.5 Å². The van der Waals surface area contributed by atoms with Crippen molar-refractivity contribution in [3.8, 4) is 0 Å². The molecule has 0 aliphatic carbocycles. The van der Waals surface area contributed by atoms with E-state index in [0.29, 0.717) is 0 Å². The third-order valence-electron chi connectivity index (χ3n) is 3.42. The van der Waals surface area contributed by atoms with Crippen LogP contribution in [0.1, 0.15) is 11.1 Å². The molecule has 0 atom stereocenters. The Labute approximate surface area is 140 Å². The molecule has 2 heterocycles. The fourth-order valence-electron chi connectivity index (χ4n) is 2.31. The number of allylic oxidation sites excluding steroid dienone is 2. The van der Waals surface area contributed by atoms with Crippen molar-refractivity contribution < 1.29 is 21.6 Å². The zero-order valence-electron chi connectivity index (χ0n) is 12.4. The molecule has 0 fully saturated rings. The number of alkyl halides is 3. The van der Waals surface area contributed by atoms with Crippen LogP contribution in [0.2, 0.25) is 0 Å². The molecule has 1 aromatic heterocycles. The van der Waals surface area contributed by atoms with Gasteiger partial charge in [-0.05, 0) is 29.8 Å². The minimum Gasteiger partial charge on any atom is -0.265 e. The molecule has 1 radical (unpaired) electrons. The van der Waals surface area contributed by atoms with Crippen LogP contribution >= 0.6 is 0 Å². The Balaban J connectivity index is 2.11. The van der Waals surface area contributed by atoms with Crippen LogP contribution in [0.3, 0.4) is 0 Å². The highest BCUT2D eigenvalue weighted by molar-refractivity contribution is 7.89. The minimum absolute atomic E-state index is 0.0144. The maximum Gasteiger partial charge on any atom is 0.435 e. The van der Waals surface area contributed by atoms with Gasteiger partial charge in [0.1, 0.15) is 5.71 Å². The normalized spacial score (nSPS) is 15.1. The molecule has 0 spiro atoms. The summed E-state index contributed by atoms with van der Waals surface area (Å²) in [6.07, 6.45) is -1.98. The molecule has 129 valence electrons. The first kappa shape index (κ1) is 17.1. The first-order valence-corrected chi connectivity index (χ1v) is 8.37. The summed E-state index contributed by atoms with van der Waals surface area (Å²) in [5.41, 5.74) is 2.47. The van der Waals surface area contributed by atoms with E-state index in [0.717, 1.165) is 0 Å². The Morgan fingerprint density at radius 2 is 1.52 bits per heavy atom. The van der Waals surface area contributed by atoms with Crippen LogP contribution in [0.5, 0.6) is 0 Å². The van der Waals surface area contributed by atoms with E-state index in [-0.39, 0.29) is 27.3 Å². The lowest BCUT2D eigenvalue weighted by Gasteiger charge is -2.11. The zero-order valence-corrected chi connectivity index (χ0v) is 13.2. The second-order valence-electron chi connectivity index (χ2n) is 5.08. The van der Waals surface area contributed by atoms with E-state index >= 15 is 0 Å². The number of halogens is 3. The molecule has 1 aliphatic rings. The van der Waals surface area contributed by atoms with Gasteiger partial charge >= 0.3 is 6.18 Å². The standard InChI is InChI=1S/C15H10F3N4O2S/c16-15(17,18)14-12(9-5-7-20-8-6-9)13(21-22-14)10-1-3-11(4-2-10)25(19,23)24/h1-8H,(H2,19,23,24). The number of benzene rings is 1. The lowest BCUT2D eigenvalue weighted by atomic mass is 9.95. The maximum atomic E-state index is 13.3. The highest BCUT2D eigenvalue weighted by atomic mass is 32.2. The molecule has 10 heteroatoms. The van der Waals surface area contributed by atoms with Crippen molar-refractivity contribution >= 4 is 21.3 Å². The van der Waals surface area contributed by atoms with Crippen molar-refractivity contribution in [1.82, 2.24) is 10.4 Å². The molecule has 1 aliphatic heterocycles. The van der Waals surface area contributed by atoms with Gasteiger partial charge in [0.25, 0.3) is 0 Å². The average molecular weight is 367 g/mol. The largest absolute Gasteiger partial charge is 0.435 e. The number of rotatable bonds is 3. The summed E-state index contributed by atoms with van der Waals surface area (Å²) in [5, 5.41) is 8.67. The van der Waals surface area contributed by atoms with E-state index in [4.69, 9.17) is 5.14 Å². The third-order valence-corrected chi connectivity index (χ3v) is 4.35. The van der Waals surface area contributed by atoms with E-state index in [9.17, 15) is 21.6 Å². The highest BCUT2D eigenvalue weighted by Gasteiger charge is 2.42. The van der Waals surface area contributed by atoms with Crippen molar-refractivity contribution in [2.24, 2.45) is 10.2 Å². The van der Waals surface area contributed by atoms with Gasteiger partial charge in [-0.1, -0.05) is 12.1 Å². The Kier molecular flexibility index (Phi) is 4.09. The van der Waals surface area contributed by atoms with E-state index in [1.54, 1.807) is 0 Å². The van der Waals surface area contributed by atoms with Gasteiger partial charge in [-0.2, -0.15) is 13.2 Å². The second kappa shape index (κ2) is 5.97. The van der Waals surface area contributed by atoms with Crippen molar-refractivity contribution in [1.29, 1.82) is 0 Å². The molecule has 25 heavy (non-hydrogen) atoms. The van der Waals surface area contributed by atoms with Crippen molar-refractivity contribution in [2.75, 3.05) is 0 Å². The summed E-state index contributed by atoms with van der Waals surface area (Å²) in [5.74, 6) is 0. The number of sulfonamides is 1. The van der Waals surface area contributed by atoms with E-state index in [1.807, 2.05) is 0 Å². The lowest BCUT2D eigenvalue weighted by Crippen LogP contribution is -2.18. The summed E-state index contributed by atoms with van der Waals surface area (Å²) >= 11 is 0. The highest BCUT2D eigenvalue weighted by Crippen LogP contribution is 2.37. The van der Waals surface area contributed by atoms with Crippen LogP contribution in [0.4, 0.5) is 13.2 Å². The lowest BCUT2D eigenvalue weighted by molar-refractivity contribution is -0.0958. The number of aromatic nitrogens is 1. The van der Waals surface area contributed by atoms with Gasteiger partial charge in [0.05, 0.1) is 4.90 Å². The van der Waals surface area contributed by atoms with Crippen LogP contribution in [-0.2, 0) is 10.0 Å². The monoisotopic (exact) mass is 367 g/mol. The van der Waals surface area contributed by atoms with Gasteiger partial charge in [0.15, 0.2) is 5.70 Å². The Bertz CT molecular complexity index is 966. The summed E-state index contributed by atoms with van der Waals surface area (Å²) in [4.78, 5) is 3.63. The van der Waals surface area contributed by atoms with Crippen LogP contribution < -0.4 is 10.6 Å². The van der Waals surface area contributed by atoms with Crippen LogP contribution in [0.15, 0.2) is 64.5 Å². The van der Waals surface area contributed by atoms with Crippen LogP contribution in [0.25, 0.3) is 5.57 Å². The third kappa shape index (κ3) is 3.39. The maximum absolute atomic E-state index is 13.3. The molecule has 0 saturated heterocycles. The van der Waals surface area contributed by atoms with E-state index in [1.165, 1.54) is 48.8 Å². The Morgan fingerprint density at radius 3 is 2.04 bits per heavy atom. The molecular formula is C15H10F3N4O2S. The van der Waals surface area contributed by atoms with Gasteiger partial charge < -0.3 is 0 Å². The first-order chi connectivity index (χ1) is 11.7. The van der Waals surface area contributed by atoms with Gasteiger partial charge in [0.2, 0.25) is 10.0 Å². The SMILES string of the molecule is NS(=O)(=O)c1ccc(C2=N[N]C(C(F)(F)F)=C2c2ccncc2)cc1. The number of hydrogen-bond donors (Lipinski definition) is 1. The van der Waals surface area contributed by atoms with Crippen molar-refractivity contribution in [3.05, 3.63) is 65.6 Å². The predicted molar refractivity (Wildman–Crippen MR) is 83.7 cm³/mol. The van der Waals surface area contributed by atoms with Crippen molar-refractivity contribution in [2.45, 2.75) is 11.1 Å². The molecule has 3 rings (SSSR count). The quantitative estimate of drug-likeness (QED) is 0.898. The fourth-order valence-corrected chi connectivity index (χ4v) is 2.82. The minimum atomic E-state index is -4.69. The molecule has 2 N–H and O–H groups in total. The second-order valence-corrected chi connectivity index (χ2v) is 6.64. The summed E-state index contributed by atoms with van der Waals surface area (Å²) < 4.78 is 62.4. The van der Waals surface area contributed by atoms with Gasteiger partial charge in [-0.25, -0.2) is 13.6 Å². The van der Waals surface area contributed by atoms with Crippen LogP contribution in [-0.4, -0.2) is 25.3 Å². The number of hydrogen-bond acceptors (Lipinski definition) is 4. The van der Waals surface area contributed by atoms with Crippen LogP contribution in [0, 0.1) is 0 Å². The van der Waals surface area contributed by atoms with E-state index in [2.05, 4.69) is 15.5 Å². The Hall–Kier alpha value is -2.72. The molecule has 0 unspecified atom stereocenters. The zero-order chi connectivity index (χ0) is 18.2. The number of primary sulfonamides is 1. The molecule has 6 nitrogen and oxygen atoms in total. The van der Waals surface area contributed by atoms with Gasteiger partial charge in [-0.3, -0.25) is 4.98 Å². The molecule has 2 aromatic rings. The summed E-state index contributed by atoms with van der Waals surface area (Å²) in [6.45, 7) is 0. The number of nitrogens with two attached hydrogens (primary N) is 1. The van der Waals surface area contributed by atoms with Crippen molar-refractivity contribution in [3.63, 3.8) is 0 Å².